The summed E-state index contributed by atoms with van der Waals surface area (Å²) in [7, 11) is 0. The number of benzene rings is 2. The first kappa shape index (κ1) is 21.4. The summed E-state index contributed by atoms with van der Waals surface area (Å²) in [5, 5.41) is 9.02. The second-order valence-electron chi connectivity index (χ2n) is 7.41. The van der Waals surface area contributed by atoms with Crippen LogP contribution in [0.5, 0.6) is 5.75 Å². The Kier molecular flexibility index (Phi) is 7.89. The van der Waals surface area contributed by atoms with Gasteiger partial charge in [-0.15, -0.1) is 0 Å². The molecule has 1 fully saturated rings. The zero-order valence-electron chi connectivity index (χ0n) is 17.2. The van der Waals surface area contributed by atoms with Crippen molar-refractivity contribution in [2.45, 2.75) is 38.1 Å². The number of carbonyl (C=O) groups excluding carboxylic acids is 2. The minimum atomic E-state index is -0.174. The largest absolute Gasteiger partial charge is 0.490 e. The number of hydrogen-bond acceptors (Lipinski definition) is 4. The Labute approximate surface area is 177 Å². The van der Waals surface area contributed by atoms with Gasteiger partial charge in [-0.25, -0.2) is 0 Å². The fourth-order valence-corrected chi connectivity index (χ4v) is 3.46. The van der Waals surface area contributed by atoms with E-state index in [1.165, 1.54) is 19.3 Å². The van der Waals surface area contributed by atoms with Gasteiger partial charge in [0.1, 0.15) is 12.4 Å². The van der Waals surface area contributed by atoms with Crippen molar-refractivity contribution in [3.63, 3.8) is 0 Å². The lowest BCUT2D eigenvalue weighted by molar-refractivity contribution is -0.114. The molecule has 6 heteroatoms. The molecule has 0 radical (unpaired) electrons. The zero-order chi connectivity index (χ0) is 21.2. The van der Waals surface area contributed by atoms with Crippen LogP contribution in [0, 0.1) is 0 Å². The maximum atomic E-state index is 12.5. The first-order valence-electron chi connectivity index (χ1n) is 10.4. The second kappa shape index (κ2) is 11.0. The van der Waals surface area contributed by atoms with Gasteiger partial charge in [0.15, 0.2) is 0 Å². The van der Waals surface area contributed by atoms with E-state index in [2.05, 4.69) is 22.5 Å². The quantitative estimate of drug-likeness (QED) is 0.540. The Morgan fingerprint density at radius 3 is 2.53 bits per heavy atom. The molecule has 0 aliphatic heterocycles. The molecule has 6 nitrogen and oxygen atoms in total. The van der Waals surface area contributed by atoms with Crippen LogP contribution < -0.4 is 20.7 Å². The summed E-state index contributed by atoms with van der Waals surface area (Å²) in [5.41, 5.74) is 2.02. The van der Waals surface area contributed by atoms with Crippen LogP contribution >= 0.6 is 0 Å². The van der Waals surface area contributed by atoms with E-state index in [-0.39, 0.29) is 24.4 Å². The zero-order valence-corrected chi connectivity index (χ0v) is 17.2. The minimum absolute atomic E-state index is 0.0613. The first-order chi connectivity index (χ1) is 14.6. The van der Waals surface area contributed by atoms with E-state index in [4.69, 9.17) is 4.74 Å². The number of anilines is 2. The van der Waals surface area contributed by atoms with E-state index in [9.17, 15) is 9.59 Å². The summed E-state index contributed by atoms with van der Waals surface area (Å²) in [5.74, 6) is 0.481. The van der Waals surface area contributed by atoms with Crippen molar-refractivity contribution in [2.75, 3.05) is 23.8 Å². The Balaban J connectivity index is 1.48. The maximum Gasteiger partial charge on any atom is 0.251 e. The van der Waals surface area contributed by atoms with Crippen molar-refractivity contribution < 1.29 is 14.3 Å². The van der Waals surface area contributed by atoms with E-state index in [1.807, 2.05) is 12.1 Å². The standard InChI is InChI=1S/C24H29N3O3/c1-2-15-30-22-13-11-20(12-14-22)26-23(28)17-25-21-10-6-7-18(16-21)24(29)27-19-8-4-3-5-9-19/h2,6-7,10-14,16,19,25H,1,3-5,8-9,15,17H2,(H,26,28)(H,27,29). The molecular formula is C24H29N3O3. The summed E-state index contributed by atoms with van der Waals surface area (Å²) < 4.78 is 5.42. The van der Waals surface area contributed by atoms with E-state index in [1.54, 1.807) is 42.5 Å². The van der Waals surface area contributed by atoms with E-state index < -0.39 is 0 Å². The molecule has 1 saturated carbocycles. The minimum Gasteiger partial charge on any atom is -0.490 e. The first-order valence-corrected chi connectivity index (χ1v) is 10.4. The number of carbonyl (C=O) groups is 2. The molecule has 3 rings (SSSR count). The molecule has 0 aromatic heterocycles. The fourth-order valence-electron chi connectivity index (χ4n) is 3.46. The van der Waals surface area contributed by atoms with Crippen molar-refractivity contribution in [1.82, 2.24) is 5.32 Å². The van der Waals surface area contributed by atoms with Crippen molar-refractivity contribution in [1.29, 1.82) is 0 Å². The summed E-state index contributed by atoms with van der Waals surface area (Å²) >= 11 is 0. The Bertz CT molecular complexity index is 858. The van der Waals surface area contributed by atoms with Gasteiger partial charge < -0.3 is 20.7 Å². The van der Waals surface area contributed by atoms with Gasteiger partial charge in [0.2, 0.25) is 5.91 Å². The molecule has 0 saturated heterocycles. The second-order valence-corrected chi connectivity index (χ2v) is 7.41. The number of rotatable bonds is 9. The van der Waals surface area contributed by atoms with Crippen LogP contribution in [-0.2, 0) is 4.79 Å². The summed E-state index contributed by atoms with van der Waals surface area (Å²) in [6.45, 7) is 4.15. The molecule has 30 heavy (non-hydrogen) atoms. The Morgan fingerprint density at radius 2 is 1.80 bits per heavy atom. The van der Waals surface area contributed by atoms with Crippen molar-refractivity contribution in [2.24, 2.45) is 0 Å². The van der Waals surface area contributed by atoms with Crippen LogP contribution in [0.3, 0.4) is 0 Å². The highest BCUT2D eigenvalue weighted by molar-refractivity contribution is 5.96. The molecule has 2 amide bonds. The lowest BCUT2D eigenvalue weighted by Crippen LogP contribution is -2.36. The van der Waals surface area contributed by atoms with Crippen LogP contribution in [0.2, 0.25) is 0 Å². The Hall–Kier alpha value is -3.28. The molecule has 2 aromatic carbocycles. The van der Waals surface area contributed by atoms with Crippen LogP contribution in [0.25, 0.3) is 0 Å². The highest BCUT2D eigenvalue weighted by Gasteiger charge is 2.16. The third-order valence-electron chi connectivity index (χ3n) is 5.02. The Morgan fingerprint density at radius 1 is 1.03 bits per heavy atom. The predicted octanol–water partition coefficient (Wildman–Crippen LogP) is 4.36. The summed E-state index contributed by atoms with van der Waals surface area (Å²) in [6, 6.07) is 14.6. The van der Waals surface area contributed by atoms with Gasteiger partial charge in [-0.2, -0.15) is 0 Å². The molecule has 0 spiro atoms. The van der Waals surface area contributed by atoms with Crippen LogP contribution in [0.15, 0.2) is 61.2 Å². The fraction of sp³-hybridized carbons (Fsp3) is 0.333. The SMILES string of the molecule is C=CCOc1ccc(NC(=O)CNc2cccc(C(=O)NC3CCCCC3)c2)cc1. The molecular weight excluding hydrogens is 378 g/mol. The summed E-state index contributed by atoms with van der Waals surface area (Å²) in [6.07, 6.45) is 7.37. The van der Waals surface area contributed by atoms with Crippen molar-refractivity contribution in [3.05, 3.63) is 66.7 Å². The topological polar surface area (TPSA) is 79.5 Å². The smallest absolute Gasteiger partial charge is 0.251 e. The molecule has 0 bridgehead atoms. The van der Waals surface area contributed by atoms with E-state index >= 15 is 0 Å². The lowest BCUT2D eigenvalue weighted by atomic mass is 9.95. The number of hydrogen-bond donors (Lipinski definition) is 3. The highest BCUT2D eigenvalue weighted by atomic mass is 16.5. The van der Waals surface area contributed by atoms with Gasteiger partial charge in [-0.3, -0.25) is 9.59 Å². The summed E-state index contributed by atoms with van der Waals surface area (Å²) in [4.78, 5) is 24.7. The van der Waals surface area contributed by atoms with Gasteiger partial charge in [-0.1, -0.05) is 38.0 Å². The van der Waals surface area contributed by atoms with Gasteiger partial charge in [0.25, 0.3) is 5.91 Å². The van der Waals surface area contributed by atoms with Gasteiger partial charge in [0, 0.05) is 23.0 Å². The molecule has 2 aromatic rings. The van der Waals surface area contributed by atoms with E-state index in [0.29, 0.717) is 23.6 Å². The van der Waals surface area contributed by atoms with Crippen LogP contribution in [-0.4, -0.2) is 31.0 Å². The molecule has 1 aliphatic carbocycles. The van der Waals surface area contributed by atoms with Crippen LogP contribution in [0.1, 0.15) is 42.5 Å². The van der Waals surface area contributed by atoms with Crippen molar-refractivity contribution >= 4 is 23.2 Å². The average molecular weight is 408 g/mol. The molecule has 1 aliphatic rings. The third kappa shape index (κ3) is 6.65. The molecule has 0 atom stereocenters. The van der Waals surface area contributed by atoms with E-state index in [0.717, 1.165) is 18.5 Å². The highest BCUT2D eigenvalue weighted by Crippen LogP contribution is 2.19. The number of nitrogens with one attached hydrogen (secondary N) is 3. The molecule has 0 heterocycles. The number of amides is 2. The molecule has 158 valence electrons. The van der Waals surface area contributed by atoms with Crippen molar-refractivity contribution in [3.8, 4) is 5.75 Å². The molecule has 3 N–H and O–H groups in total. The van der Waals surface area contributed by atoms with Gasteiger partial charge in [0.05, 0.1) is 6.54 Å². The van der Waals surface area contributed by atoms with Gasteiger partial charge >= 0.3 is 0 Å². The lowest BCUT2D eigenvalue weighted by Gasteiger charge is -2.22. The third-order valence-corrected chi connectivity index (χ3v) is 5.02. The number of ether oxygens (including phenoxy) is 1. The predicted molar refractivity (Wildman–Crippen MR) is 120 cm³/mol. The monoisotopic (exact) mass is 407 g/mol. The van der Waals surface area contributed by atoms with Crippen LogP contribution in [0.4, 0.5) is 11.4 Å². The maximum absolute atomic E-state index is 12.5. The molecule has 0 unspecified atom stereocenters. The van der Waals surface area contributed by atoms with Gasteiger partial charge in [-0.05, 0) is 55.3 Å². The average Bonchev–Trinajstić information content (AvgIpc) is 2.78. The normalized spacial score (nSPS) is 13.9.